The molecule has 2 aliphatic rings. The fourth-order valence-electron chi connectivity index (χ4n) is 3.84. The lowest BCUT2D eigenvalue weighted by Crippen LogP contribution is -2.47. The summed E-state index contributed by atoms with van der Waals surface area (Å²) >= 11 is 0. The van der Waals surface area contributed by atoms with Crippen molar-refractivity contribution < 1.29 is 4.74 Å². The number of likely N-dealkylation sites (tertiary alicyclic amines) is 1. The van der Waals surface area contributed by atoms with Crippen molar-refractivity contribution in [3.63, 3.8) is 0 Å². The molecule has 0 spiro atoms. The second-order valence-corrected chi connectivity index (χ2v) is 8.08. The van der Waals surface area contributed by atoms with Crippen LogP contribution in [0.2, 0.25) is 0 Å². The van der Waals surface area contributed by atoms with Gasteiger partial charge in [-0.15, -0.1) is 0 Å². The SMILES string of the molecule is CCCNCC1(CN2CCCC(C)(C)CC2)CCOCC1. The molecule has 3 heteroatoms. The van der Waals surface area contributed by atoms with Gasteiger partial charge in [-0.25, -0.2) is 0 Å². The summed E-state index contributed by atoms with van der Waals surface area (Å²) in [5.41, 5.74) is 0.986. The Morgan fingerprint density at radius 3 is 2.52 bits per heavy atom. The van der Waals surface area contributed by atoms with Crippen LogP contribution in [-0.2, 0) is 4.74 Å². The van der Waals surface area contributed by atoms with Crippen molar-refractivity contribution in [2.45, 2.75) is 59.3 Å². The van der Waals surface area contributed by atoms with Gasteiger partial charge in [0.05, 0.1) is 0 Å². The number of rotatable bonds is 6. The quantitative estimate of drug-likeness (QED) is 0.761. The molecule has 124 valence electrons. The van der Waals surface area contributed by atoms with E-state index in [-0.39, 0.29) is 0 Å². The lowest BCUT2D eigenvalue weighted by Gasteiger charge is -2.41. The second-order valence-electron chi connectivity index (χ2n) is 8.08. The van der Waals surface area contributed by atoms with Crippen molar-refractivity contribution >= 4 is 0 Å². The van der Waals surface area contributed by atoms with E-state index in [0.717, 1.165) is 19.8 Å². The average Bonchev–Trinajstić information content (AvgIpc) is 2.62. The normalized spacial score (nSPS) is 26.4. The molecule has 0 amide bonds. The van der Waals surface area contributed by atoms with Crippen LogP contribution >= 0.6 is 0 Å². The van der Waals surface area contributed by atoms with E-state index in [2.05, 4.69) is 31.0 Å². The summed E-state index contributed by atoms with van der Waals surface area (Å²) < 4.78 is 5.63. The average molecular weight is 296 g/mol. The summed E-state index contributed by atoms with van der Waals surface area (Å²) in [5.74, 6) is 0. The molecule has 0 atom stereocenters. The highest BCUT2D eigenvalue weighted by Crippen LogP contribution is 2.34. The molecule has 0 aromatic carbocycles. The second kappa shape index (κ2) is 7.94. The molecule has 1 N–H and O–H groups in total. The Kier molecular flexibility index (Phi) is 6.51. The van der Waals surface area contributed by atoms with Gasteiger partial charge in [-0.1, -0.05) is 20.8 Å². The minimum Gasteiger partial charge on any atom is -0.381 e. The van der Waals surface area contributed by atoms with E-state index in [1.807, 2.05) is 0 Å². The molecule has 2 aliphatic heterocycles. The summed E-state index contributed by atoms with van der Waals surface area (Å²) in [6.07, 6.45) is 7.77. The Labute approximate surface area is 131 Å². The van der Waals surface area contributed by atoms with Gasteiger partial charge in [0.1, 0.15) is 0 Å². The van der Waals surface area contributed by atoms with Crippen LogP contribution in [0.5, 0.6) is 0 Å². The number of ether oxygens (including phenoxy) is 1. The molecular formula is C18H36N2O. The third-order valence-corrected chi connectivity index (χ3v) is 5.47. The highest BCUT2D eigenvalue weighted by Gasteiger charge is 2.35. The molecule has 2 saturated heterocycles. The first-order valence-corrected chi connectivity index (χ1v) is 9.06. The molecular weight excluding hydrogens is 260 g/mol. The third-order valence-electron chi connectivity index (χ3n) is 5.47. The number of nitrogens with zero attached hydrogens (tertiary/aromatic N) is 1. The first-order valence-electron chi connectivity index (χ1n) is 9.06. The number of hydrogen-bond donors (Lipinski definition) is 1. The Balaban J connectivity index is 1.91. The van der Waals surface area contributed by atoms with E-state index in [1.54, 1.807) is 0 Å². The molecule has 2 rings (SSSR count). The van der Waals surface area contributed by atoms with Crippen molar-refractivity contribution in [1.29, 1.82) is 0 Å². The highest BCUT2D eigenvalue weighted by atomic mass is 16.5. The molecule has 0 aromatic heterocycles. The van der Waals surface area contributed by atoms with E-state index >= 15 is 0 Å². The van der Waals surface area contributed by atoms with Crippen LogP contribution in [0, 0.1) is 10.8 Å². The van der Waals surface area contributed by atoms with Gasteiger partial charge in [0.2, 0.25) is 0 Å². The lowest BCUT2D eigenvalue weighted by atomic mass is 9.79. The van der Waals surface area contributed by atoms with Crippen LogP contribution < -0.4 is 5.32 Å². The van der Waals surface area contributed by atoms with Crippen molar-refractivity contribution in [2.24, 2.45) is 10.8 Å². The number of nitrogens with one attached hydrogen (secondary N) is 1. The maximum absolute atomic E-state index is 5.63. The van der Waals surface area contributed by atoms with E-state index < -0.39 is 0 Å². The van der Waals surface area contributed by atoms with E-state index in [1.165, 1.54) is 64.7 Å². The summed E-state index contributed by atoms with van der Waals surface area (Å²) in [6.45, 7) is 15.2. The van der Waals surface area contributed by atoms with Crippen molar-refractivity contribution in [2.75, 3.05) is 45.9 Å². The Morgan fingerprint density at radius 2 is 1.81 bits per heavy atom. The Morgan fingerprint density at radius 1 is 1.05 bits per heavy atom. The van der Waals surface area contributed by atoms with Crippen LogP contribution in [0.1, 0.15) is 59.3 Å². The van der Waals surface area contributed by atoms with Gasteiger partial charge in [-0.3, -0.25) is 0 Å². The summed E-state index contributed by atoms with van der Waals surface area (Å²) in [4.78, 5) is 2.74. The molecule has 0 saturated carbocycles. The highest BCUT2D eigenvalue weighted by molar-refractivity contribution is 4.88. The lowest BCUT2D eigenvalue weighted by molar-refractivity contribution is -0.00417. The summed E-state index contributed by atoms with van der Waals surface area (Å²) in [6, 6.07) is 0. The molecule has 0 aliphatic carbocycles. The summed E-state index contributed by atoms with van der Waals surface area (Å²) in [7, 11) is 0. The minimum absolute atomic E-state index is 0.446. The Bertz CT molecular complexity index is 298. The van der Waals surface area contributed by atoms with Gasteiger partial charge >= 0.3 is 0 Å². The maximum Gasteiger partial charge on any atom is 0.0472 e. The van der Waals surface area contributed by atoms with Gasteiger partial charge in [0.15, 0.2) is 0 Å². The molecule has 21 heavy (non-hydrogen) atoms. The van der Waals surface area contributed by atoms with Gasteiger partial charge in [0.25, 0.3) is 0 Å². The van der Waals surface area contributed by atoms with E-state index in [0.29, 0.717) is 10.8 Å². The number of hydrogen-bond acceptors (Lipinski definition) is 3. The topological polar surface area (TPSA) is 24.5 Å². The van der Waals surface area contributed by atoms with E-state index in [9.17, 15) is 0 Å². The molecule has 0 bridgehead atoms. The largest absolute Gasteiger partial charge is 0.381 e. The maximum atomic E-state index is 5.63. The van der Waals surface area contributed by atoms with Crippen LogP contribution in [0.15, 0.2) is 0 Å². The molecule has 0 radical (unpaired) electrons. The van der Waals surface area contributed by atoms with Crippen LogP contribution in [0.4, 0.5) is 0 Å². The molecule has 2 fully saturated rings. The predicted molar refractivity (Wildman–Crippen MR) is 89.7 cm³/mol. The van der Waals surface area contributed by atoms with Crippen molar-refractivity contribution in [3.05, 3.63) is 0 Å². The predicted octanol–water partition coefficient (Wildman–Crippen LogP) is 3.29. The monoisotopic (exact) mass is 296 g/mol. The fourth-order valence-corrected chi connectivity index (χ4v) is 3.84. The van der Waals surface area contributed by atoms with Crippen molar-refractivity contribution in [3.8, 4) is 0 Å². The zero-order chi connectivity index (χ0) is 15.2. The molecule has 3 nitrogen and oxygen atoms in total. The zero-order valence-corrected chi connectivity index (χ0v) is 14.5. The molecule has 0 aromatic rings. The smallest absolute Gasteiger partial charge is 0.0472 e. The van der Waals surface area contributed by atoms with Gasteiger partial charge < -0.3 is 15.0 Å². The molecule has 0 unspecified atom stereocenters. The third kappa shape index (κ3) is 5.54. The van der Waals surface area contributed by atoms with Gasteiger partial charge in [-0.2, -0.15) is 0 Å². The fraction of sp³-hybridized carbons (Fsp3) is 1.00. The van der Waals surface area contributed by atoms with Crippen LogP contribution in [0.25, 0.3) is 0 Å². The van der Waals surface area contributed by atoms with Crippen molar-refractivity contribution in [1.82, 2.24) is 10.2 Å². The molecule has 2 heterocycles. The summed E-state index contributed by atoms with van der Waals surface area (Å²) in [5, 5.41) is 3.68. The zero-order valence-electron chi connectivity index (χ0n) is 14.5. The first-order chi connectivity index (χ1) is 10.1. The van der Waals surface area contributed by atoms with Gasteiger partial charge in [0, 0.05) is 26.3 Å². The van der Waals surface area contributed by atoms with Gasteiger partial charge in [-0.05, 0) is 69.0 Å². The van der Waals surface area contributed by atoms with Crippen LogP contribution in [-0.4, -0.2) is 50.8 Å². The first kappa shape index (κ1) is 17.2. The van der Waals surface area contributed by atoms with E-state index in [4.69, 9.17) is 4.74 Å². The standard InChI is InChI=1S/C18H36N2O/c1-4-10-19-15-18(8-13-21-14-9-18)16-20-11-5-6-17(2,3)7-12-20/h19H,4-16H2,1-3H3. The van der Waals surface area contributed by atoms with Crippen LogP contribution in [0.3, 0.4) is 0 Å². The minimum atomic E-state index is 0.446. The Hall–Kier alpha value is -0.120.